The maximum absolute atomic E-state index is 11.2. The molecule has 0 radical (unpaired) electrons. The number of oxazole rings is 1. The number of hydrogen-bond donors (Lipinski definition) is 1. The van der Waals surface area contributed by atoms with Crippen molar-refractivity contribution in [3.63, 3.8) is 0 Å². The van der Waals surface area contributed by atoms with Crippen LogP contribution in [0.4, 0.5) is 11.7 Å². The number of methoxy groups -OCH3 is 1. The summed E-state index contributed by atoms with van der Waals surface area (Å²) in [4.78, 5) is 25.4. The zero-order chi connectivity index (χ0) is 14.0. The van der Waals surface area contributed by atoms with Crippen LogP contribution in [0, 0.1) is 10.1 Å². The van der Waals surface area contributed by atoms with Crippen LogP contribution in [0.1, 0.15) is 6.92 Å². The smallest absolute Gasteiger partial charge is 0.328 e. The Morgan fingerprint density at radius 3 is 2.95 bits per heavy atom. The number of aromatic nitrogens is 1. The highest BCUT2D eigenvalue weighted by Gasteiger charge is 2.17. The van der Waals surface area contributed by atoms with Crippen molar-refractivity contribution in [2.75, 3.05) is 12.4 Å². The molecule has 0 amide bonds. The van der Waals surface area contributed by atoms with Crippen LogP contribution >= 0.6 is 0 Å². The Labute approximate surface area is 107 Å². The van der Waals surface area contributed by atoms with Gasteiger partial charge in [0.2, 0.25) is 0 Å². The number of fused-ring (bicyclic) bond motifs is 1. The van der Waals surface area contributed by atoms with Crippen LogP contribution in [0.15, 0.2) is 22.6 Å². The lowest BCUT2D eigenvalue weighted by molar-refractivity contribution is -0.384. The van der Waals surface area contributed by atoms with E-state index in [9.17, 15) is 14.9 Å². The second-order valence-corrected chi connectivity index (χ2v) is 3.82. The molecule has 1 atom stereocenters. The number of ether oxygens (including phenoxy) is 1. The van der Waals surface area contributed by atoms with Crippen molar-refractivity contribution in [2.24, 2.45) is 0 Å². The van der Waals surface area contributed by atoms with E-state index in [1.165, 1.54) is 25.3 Å². The van der Waals surface area contributed by atoms with E-state index in [1.54, 1.807) is 6.92 Å². The average Bonchev–Trinajstić information content (AvgIpc) is 2.78. The molecule has 0 spiro atoms. The first-order valence-electron chi connectivity index (χ1n) is 5.40. The van der Waals surface area contributed by atoms with Gasteiger partial charge in [0.25, 0.3) is 11.7 Å². The number of non-ortho nitro benzene ring substituents is 1. The minimum Gasteiger partial charge on any atom is -0.467 e. The lowest BCUT2D eigenvalue weighted by atomic mass is 10.3. The molecule has 1 heterocycles. The first-order valence-corrected chi connectivity index (χ1v) is 5.40. The molecule has 0 aliphatic carbocycles. The van der Waals surface area contributed by atoms with Gasteiger partial charge in [0.15, 0.2) is 5.58 Å². The summed E-state index contributed by atoms with van der Waals surface area (Å²) >= 11 is 0. The van der Waals surface area contributed by atoms with Gasteiger partial charge in [0, 0.05) is 6.07 Å². The summed E-state index contributed by atoms with van der Waals surface area (Å²) in [6.45, 7) is 1.59. The molecule has 0 aliphatic rings. The molecular formula is C11H11N3O5. The molecule has 8 heteroatoms. The van der Waals surface area contributed by atoms with Crippen molar-refractivity contribution < 1.29 is 18.9 Å². The predicted molar refractivity (Wildman–Crippen MR) is 65.8 cm³/mol. The Hall–Kier alpha value is -2.64. The molecule has 8 nitrogen and oxygen atoms in total. The molecule has 2 rings (SSSR count). The summed E-state index contributed by atoms with van der Waals surface area (Å²) in [5.41, 5.74) is 0.648. The summed E-state index contributed by atoms with van der Waals surface area (Å²) < 4.78 is 9.84. The van der Waals surface area contributed by atoms with Gasteiger partial charge in [0.1, 0.15) is 11.6 Å². The Kier molecular flexibility index (Phi) is 3.32. The number of carbonyl (C=O) groups excluding carboxylic acids is 1. The summed E-state index contributed by atoms with van der Waals surface area (Å²) in [6.07, 6.45) is 0. The molecule has 0 aliphatic heterocycles. The summed E-state index contributed by atoms with van der Waals surface area (Å²) in [7, 11) is 1.27. The molecule has 0 fully saturated rings. The van der Waals surface area contributed by atoms with Crippen molar-refractivity contribution in [2.45, 2.75) is 13.0 Å². The molecule has 0 saturated heterocycles. The number of nitrogens with zero attached hydrogens (tertiary/aromatic N) is 2. The number of nitrogens with one attached hydrogen (secondary N) is 1. The van der Waals surface area contributed by atoms with E-state index in [0.29, 0.717) is 5.52 Å². The number of anilines is 1. The van der Waals surface area contributed by atoms with Gasteiger partial charge in [-0.15, -0.1) is 0 Å². The largest absolute Gasteiger partial charge is 0.467 e. The van der Waals surface area contributed by atoms with Crippen molar-refractivity contribution in [3.8, 4) is 0 Å². The Bertz CT molecular complexity index is 636. The van der Waals surface area contributed by atoms with Crippen LogP contribution in [-0.2, 0) is 9.53 Å². The highest BCUT2D eigenvalue weighted by molar-refractivity contribution is 5.80. The van der Waals surface area contributed by atoms with Crippen molar-refractivity contribution >= 4 is 28.8 Å². The van der Waals surface area contributed by atoms with E-state index in [-0.39, 0.29) is 17.3 Å². The third-order valence-corrected chi connectivity index (χ3v) is 2.48. The van der Waals surface area contributed by atoms with Crippen LogP contribution in [0.2, 0.25) is 0 Å². The SMILES string of the molecule is COC(=O)C(C)Nc1nc2ccc([N+](=O)[O-])cc2o1. The lowest BCUT2D eigenvalue weighted by Crippen LogP contribution is -2.27. The van der Waals surface area contributed by atoms with E-state index in [2.05, 4.69) is 15.0 Å². The molecule has 1 unspecified atom stereocenters. The summed E-state index contributed by atoms with van der Waals surface area (Å²) in [5, 5.41) is 13.3. The third kappa shape index (κ3) is 2.62. The number of carbonyl (C=O) groups is 1. The predicted octanol–water partition coefficient (Wildman–Crippen LogP) is 1.71. The molecule has 100 valence electrons. The minimum absolute atomic E-state index is 0.0868. The van der Waals surface area contributed by atoms with Gasteiger partial charge in [-0.3, -0.25) is 10.1 Å². The molecule has 1 aromatic carbocycles. The molecule has 0 bridgehead atoms. The van der Waals surface area contributed by atoms with E-state index < -0.39 is 16.9 Å². The van der Waals surface area contributed by atoms with Gasteiger partial charge >= 0.3 is 5.97 Å². The highest BCUT2D eigenvalue weighted by Crippen LogP contribution is 2.23. The lowest BCUT2D eigenvalue weighted by Gasteiger charge is -2.08. The maximum atomic E-state index is 11.2. The second kappa shape index (κ2) is 4.92. The topological polar surface area (TPSA) is 108 Å². The Morgan fingerprint density at radius 1 is 1.58 bits per heavy atom. The van der Waals surface area contributed by atoms with Crippen molar-refractivity contribution in [1.29, 1.82) is 0 Å². The zero-order valence-corrected chi connectivity index (χ0v) is 10.2. The van der Waals surface area contributed by atoms with Gasteiger partial charge in [-0.2, -0.15) is 4.98 Å². The number of esters is 1. The van der Waals surface area contributed by atoms with Gasteiger partial charge < -0.3 is 14.5 Å². The van der Waals surface area contributed by atoms with E-state index in [4.69, 9.17) is 4.42 Å². The number of nitro groups is 1. The van der Waals surface area contributed by atoms with Crippen LogP contribution in [0.25, 0.3) is 11.1 Å². The number of rotatable bonds is 4. The summed E-state index contributed by atoms with van der Waals surface area (Å²) in [5.74, 6) is -0.465. The number of nitro benzene ring substituents is 1. The third-order valence-electron chi connectivity index (χ3n) is 2.48. The molecule has 1 N–H and O–H groups in total. The molecule has 19 heavy (non-hydrogen) atoms. The fourth-order valence-corrected chi connectivity index (χ4v) is 1.51. The quantitative estimate of drug-likeness (QED) is 0.509. The Balaban J connectivity index is 2.26. The maximum Gasteiger partial charge on any atom is 0.328 e. The standard InChI is InChI=1S/C11H11N3O5/c1-6(10(15)18-2)12-11-13-8-4-3-7(14(16)17)5-9(8)19-11/h3-6H,1-2H3,(H,12,13). The first kappa shape index (κ1) is 12.8. The summed E-state index contributed by atoms with van der Waals surface area (Å²) in [6, 6.07) is 3.56. The van der Waals surface area contributed by atoms with Crippen LogP contribution < -0.4 is 5.32 Å². The van der Waals surface area contributed by atoms with E-state index in [0.717, 1.165) is 0 Å². The van der Waals surface area contributed by atoms with Gasteiger partial charge in [0.05, 0.1) is 18.1 Å². The molecule has 1 aromatic heterocycles. The first-order chi connectivity index (χ1) is 9.01. The number of hydrogen-bond acceptors (Lipinski definition) is 7. The van der Waals surface area contributed by atoms with Crippen LogP contribution in [0.3, 0.4) is 0 Å². The monoisotopic (exact) mass is 265 g/mol. The molecular weight excluding hydrogens is 254 g/mol. The van der Waals surface area contributed by atoms with Gasteiger partial charge in [-0.1, -0.05) is 0 Å². The number of benzene rings is 1. The van der Waals surface area contributed by atoms with Crippen molar-refractivity contribution in [1.82, 2.24) is 4.98 Å². The highest BCUT2D eigenvalue weighted by atomic mass is 16.6. The minimum atomic E-state index is -0.631. The van der Waals surface area contributed by atoms with Crippen LogP contribution in [-0.4, -0.2) is 29.0 Å². The zero-order valence-electron chi connectivity index (χ0n) is 10.2. The fraction of sp³-hybridized carbons (Fsp3) is 0.273. The van der Waals surface area contributed by atoms with E-state index in [1.807, 2.05) is 0 Å². The Morgan fingerprint density at radius 2 is 2.32 bits per heavy atom. The van der Waals surface area contributed by atoms with Crippen LogP contribution in [0.5, 0.6) is 0 Å². The van der Waals surface area contributed by atoms with Gasteiger partial charge in [-0.25, -0.2) is 4.79 Å². The molecule has 2 aromatic rings. The van der Waals surface area contributed by atoms with Gasteiger partial charge in [-0.05, 0) is 13.0 Å². The van der Waals surface area contributed by atoms with Crippen molar-refractivity contribution in [3.05, 3.63) is 28.3 Å². The average molecular weight is 265 g/mol. The van der Waals surface area contributed by atoms with E-state index >= 15 is 0 Å². The fourth-order valence-electron chi connectivity index (χ4n) is 1.51. The normalized spacial score (nSPS) is 12.1. The second-order valence-electron chi connectivity index (χ2n) is 3.82. The molecule has 0 saturated carbocycles.